The number of nitro groups is 1. The van der Waals surface area contributed by atoms with Gasteiger partial charge in [0.15, 0.2) is 17.3 Å². The zero-order valence-electron chi connectivity index (χ0n) is 21.2. The highest BCUT2D eigenvalue weighted by atomic mass is 79.9. The number of allylic oxidation sites excluding steroid dienone is 2. The van der Waals surface area contributed by atoms with E-state index in [4.69, 9.17) is 14.2 Å². The van der Waals surface area contributed by atoms with Crippen LogP contribution in [0.5, 0.6) is 11.5 Å². The van der Waals surface area contributed by atoms with Gasteiger partial charge < -0.3 is 19.5 Å². The number of carbonyl (C=O) groups excluding carboxylic acids is 2. The summed E-state index contributed by atoms with van der Waals surface area (Å²) in [6.45, 7) is 1.91. The number of ether oxygens (including phenoxy) is 3. The summed E-state index contributed by atoms with van der Waals surface area (Å²) >= 11 is 3.57. The summed E-state index contributed by atoms with van der Waals surface area (Å²) in [5.41, 5.74) is 4.73. The van der Waals surface area contributed by atoms with Crippen molar-refractivity contribution in [3.63, 3.8) is 0 Å². The molecule has 0 saturated heterocycles. The van der Waals surface area contributed by atoms with Gasteiger partial charge in [0, 0.05) is 40.4 Å². The molecule has 0 radical (unpaired) electrons. The average Bonchev–Trinajstić information content (AvgIpc) is 3.22. The Morgan fingerprint density at radius 1 is 1.08 bits per heavy atom. The summed E-state index contributed by atoms with van der Waals surface area (Å²) in [5.74, 6) is -0.645. The lowest BCUT2D eigenvalue weighted by Gasteiger charge is -2.29. The molecule has 3 aromatic rings. The van der Waals surface area contributed by atoms with Crippen LogP contribution in [0.25, 0.3) is 5.70 Å². The Kier molecular flexibility index (Phi) is 6.96. The van der Waals surface area contributed by atoms with Crippen molar-refractivity contribution in [3.05, 3.63) is 114 Å². The number of hydrogen-bond acceptors (Lipinski definition) is 8. The highest BCUT2D eigenvalue weighted by Gasteiger charge is 2.43. The second-order valence-electron chi connectivity index (χ2n) is 9.00. The fourth-order valence-corrected chi connectivity index (χ4v) is 5.53. The number of non-ortho nitro benzene ring substituents is 1. The predicted octanol–water partition coefficient (Wildman–Crippen LogP) is 5.69. The standard InChI is InChI=1S/C29H23BrN2O7/c1-15-23(29(34)38-3)24(25-26(31-15)19-6-4-5-7-20(19)27(25)33)17-12-21(30)28(22(13-17)37-2)39-14-16-8-10-18(11-9-16)32(35)36/h4-13,24,31H,14H2,1-3H3/t24-/m0/s1. The monoisotopic (exact) mass is 590 g/mol. The third kappa shape index (κ3) is 4.57. The number of nitrogens with zero attached hydrogens (tertiary/aromatic N) is 1. The van der Waals surface area contributed by atoms with Crippen LogP contribution in [0, 0.1) is 10.1 Å². The largest absolute Gasteiger partial charge is 0.493 e. The Hall–Kier alpha value is -4.44. The summed E-state index contributed by atoms with van der Waals surface area (Å²) in [6, 6.07) is 16.9. The molecule has 0 amide bonds. The van der Waals surface area contributed by atoms with Crippen LogP contribution >= 0.6 is 15.9 Å². The molecule has 5 rings (SSSR count). The van der Waals surface area contributed by atoms with E-state index in [1.807, 2.05) is 18.2 Å². The molecule has 39 heavy (non-hydrogen) atoms. The Morgan fingerprint density at radius 2 is 1.77 bits per heavy atom. The lowest BCUT2D eigenvalue weighted by atomic mass is 9.79. The van der Waals surface area contributed by atoms with Gasteiger partial charge in [0.2, 0.25) is 0 Å². The van der Waals surface area contributed by atoms with Crippen molar-refractivity contribution in [2.75, 3.05) is 14.2 Å². The Bertz CT molecular complexity index is 1590. The maximum absolute atomic E-state index is 13.6. The molecule has 0 saturated carbocycles. The number of Topliss-reactive ketones (excluding diaryl/α,β-unsaturated/α-hetero) is 1. The molecule has 10 heteroatoms. The molecule has 0 fully saturated rings. The minimum atomic E-state index is -0.720. The number of rotatable bonds is 7. The number of ketones is 1. The average molecular weight is 591 g/mol. The van der Waals surface area contributed by atoms with Crippen molar-refractivity contribution in [1.29, 1.82) is 0 Å². The number of nitrogens with one attached hydrogen (secondary N) is 1. The van der Waals surface area contributed by atoms with Crippen molar-refractivity contribution in [1.82, 2.24) is 5.32 Å². The van der Waals surface area contributed by atoms with Gasteiger partial charge in [-0.1, -0.05) is 24.3 Å². The fourth-order valence-electron chi connectivity index (χ4n) is 4.96. The second kappa shape index (κ2) is 10.4. The van der Waals surface area contributed by atoms with Crippen molar-refractivity contribution in [2.24, 2.45) is 0 Å². The number of methoxy groups -OCH3 is 2. The first-order chi connectivity index (χ1) is 18.7. The molecule has 1 aliphatic carbocycles. The molecule has 0 aromatic heterocycles. The minimum absolute atomic E-state index is 0.00845. The van der Waals surface area contributed by atoms with Crippen molar-refractivity contribution < 1.29 is 28.7 Å². The summed E-state index contributed by atoms with van der Waals surface area (Å²) in [5, 5.41) is 14.2. The van der Waals surface area contributed by atoms with Gasteiger partial charge in [-0.25, -0.2) is 4.79 Å². The first kappa shape index (κ1) is 26.2. The summed E-state index contributed by atoms with van der Waals surface area (Å²) in [7, 11) is 2.80. The molecule has 1 atom stereocenters. The topological polar surface area (TPSA) is 117 Å². The lowest BCUT2D eigenvalue weighted by Crippen LogP contribution is -2.29. The van der Waals surface area contributed by atoms with Crippen molar-refractivity contribution in [3.8, 4) is 11.5 Å². The van der Waals surface area contributed by atoms with Crippen LogP contribution in [0.15, 0.2) is 82.0 Å². The van der Waals surface area contributed by atoms with E-state index in [9.17, 15) is 19.7 Å². The number of nitro benzene ring substituents is 1. The number of benzene rings is 3. The fraction of sp³-hybridized carbons (Fsp3) is 0.172. The van der Waals surface area contributed by atoms with Crippen LogP contribution < -0.4 is 14.8 Å². The van der Waals surface area contributed by atoms with E-state index in [0.717, 1.165) is 11.1 Å². The van der Waals surface area contributed by atoms with Crippen LogP contribution in [0.2, 0.25) is 0 Å². The third-order valence-electron chi connectivity index (χ3n) is 6.77. The highest BCUT2D eigenvalue weighted by molar-refractivity contribution is 9.10. The van der Waals surface area contributed by atoms with Crippen LogP contribution in [0.4, 0.5) is 5.69 Å². The molecular formula is C29H23BrN2O7. The van der Waals surface area contributed by atoms with Gasteiger partial charge in [-0.05, 0) is 58.2 Å². The van der Waals surface area contributed by atoms with Crippen molar-refractivity contribution >= 4 is 39.1 Å². The van der Waals surface area contributed by atoms with Gasteiger partial charge in [-0.15, -0.1) is 0 Å². The Morgan fingerprint density at radius 3 is 2.41 bits per heavy atom. The first-order valence-electron chi connectivity index (χ1n) is 11.9. The van der Waals surface area contributed by atoms with E-state index in [-0.39, 0.29) is 18.1 Å². The molecular weight excluding hydrogens is 568 g/mol. The zero-order chi connectivity index (χ0) is 27.8. The molecule has 9 nitrogen and oxygen atoms in total. The van der Waals surface area contributed by atoms with Gasteiger partial charge in [0.05, 0.1) is 34.9 Å². The molecule has 198 valence electrons. The smallest absolute Gasteiger partial charge is 0.336 e. The summed E-state index contributed by atoms with van der Waals surface area (Å²) in [6.07, 6.45) is 0. The zero-order valence-corrected chi connectivity index (χ0v) is 22.8. The van der Waals surface area contributed by atoms with E-state index >= 15 is 0 Å². The van der Waals surface area contributed by atoms with Gasteiger partial charge >= 0.3 is 5.97 Å². The number of dihydropyridines is 1. The number of halogens is 1. The predicted molar refractivity (Wildman–Crippen MR) is 146 cm³/mol. The molecule has 1 heterocycles. The Balaban J connectivity index is 1.56. The summed E-state index contributed by atoms with van der Waals surface area (Å²) in [4.78, 5) is 37.1. The molecule has 0 bridgehead atoms. The summed E-state index contributed by atoms with van der Waals surface area (Å²) < 4.78 is 17.3. The van der Waals surface area contributed by atoms with E-state index in [1.165, 1.54) is 26.4 Å². The maximum atomic E-state index is 13.6. The van der Waals surface area contributed by atoms with Gasteiger partial charge in [-0.2, -0.15) is 0 Å². The molecule has 1 aliphatic heterocycles. The van der Waals surface area contributed by atoms with Crippen molar-refractivity contribution in [2.45, 2.75) is 19.4 Å². The normalized spacial score (nSPS) is 15.9. The van der Waals surface area contributed by atoms with Gasteiger partial charge in [-0.3, -0.25) is 14.9 Å². The third-order valence-corrected chi connectivity index (χ3v) is 7.36. The van der Waals surface area contributed by atoms with E-state index < -0.39 is 16.8 Å². The van der Waals surface area contributed by atoms with Crippen LogP contribution in [-0.4, -0.2) is 30.9 Å². The molecule has 1 N–H and O–H groups in total. The van der Waals surface area contributed by atoms with Gasteiger partial charge in [0.1, 0.15) is 6.61 Å². The minimum Gasteiger partial charge on any atom is -0.493 e. The maximum Gasteiger partial charge on any atom is 0.336 e. The van der Waals surface area contributed by atoms with Crippen LogP contribution in [0.1, 0.15) is 39.9 Å². The van der Waals surface area contributed by atoms with Gasteiger partial charge in [0.25, 0.3) is 5.69 Å². The van der Waals surface area contributed by atoms with Crippen LogP contribution in [0.3, 0.4) is 0 Å². The van der Waals surface area contributed by atoms with E-state index in [1.54, 1.807) is 37.3 Å². The first-order valence-corrected chi connectivity index (χ1v) is 12.7. The number of fused-ring (bicyclic) bond motifs is 2. The molecule has 0 unspecified atom stereocenters. The van der Waals surface area contributed by atoms with Crippen LogP contribution in [-0.2, 0) is 16.1 Å². The SMILES string of the molecule is COC(=O)C1=C(C)NC2=C(C(=O)c3ccccc32)[C@H]1c1cc(Br)c(OCc2ccc([N+](=O)[O-])cc2)c(OC)c1. The molecule has 3 aromatic carbocycles. The number of carbonyl (C=O) groups is 2. The number of esters is 1. The quantitative estimate of drug-likeness (QED) is 0.212. The number of hydrogen-bond donors (Lipinski definition) is 1. The lowest BCUT2D eigenvalue weighted by molar-refractivity contribution is -0.384. The van der Waals surface area contributed by atoms with E-state index in [0.29, 0.717) is 49.6 Å². The Labute approximate surface area is 232 Å². The second-order valence-corrected chi connectivity index (χ2v) is 9.85. The highest BCUT2D eigenvalue weighted by Crippen LogP contribution is 2.49. The molecule has 0 spiro atoms. The molecule has 2 aliphatic rings. The van der Waals surface area contributed by atoms with E-state index in [2.05, 4.69) is 21.2 Å².